The molecule has 3 rings (SSSR count). The molecule has 0 fully saturated rings. The molecule has 3 aromatic rings. The average Bonchev–Trinajstić information content (AvgIpc) is 3.04. The monoisotopic (exact) mass is 311 g/mol. The van der Waals surface area contributed by atoms with Gasteiger partial charge in [0, 0.05) is 18.2 Å². The maximum atomic E-state index is 11.0. The van der Waals surface area contributed by atoms with Crippen molar-refractivity contribution in [3.05, 3.63) is 35.0 Å². The van der Waals surface area contributed by atoms with Crippen LogP contribution in [0.2, 0.25) is 0 Å². The van der Waals surface area contributed by atoms with Crippen molar-refractivity contribution in [2.45, 2.75) is 20.3 Å². The van der Waals surface area contributed by atoms with Gasteiger partial charge in [-0.05, 0) is 18.6 Å². The number of carbonyl (C=O) groups excluding carboxylic acids is 1. The van der Waals surface area contributed by atoms with E-state index in [4.69, 9.17) is 0 Å². The number of amides is 1. The topological polar surface area (TPSA) is 83.1 Å². The molecule has 1 amide bonds. The van der Waals surface area contributed by atoms with E-state index in [0.717, 1.165) is 17.0 Å². The lowest BCUT2D eigenvalue weighted by Gasteiger charge is -2.03. The van der Waals surface area contributed by atoms with Crippen LogP contribution in [0.1, 0.15) is 24.5 Å². The summed E-state index contributed by atoms with van der Waals surface area (Å²) in [4.78, 5) is 16.3. The van der Waals surface area contributed by atoms with Crippen molar-refractivity contribution in [3.63, 3.8) is 0 Å². The summed E-state index contributed by atoms with van der Waals surface area (Å²) in [6.07, 6.45) is 0.819. The van der Waals surface area contributed by atoms with Crippen molar-refractivity contribution >= 4 is 27.9 Å². The maximum Gasteiger partial charge on any atom is 0.221 e. The van der Waals surface area contributed by atoms with Crippen LogP contribution in [-0.4, -0.2) is 20.5 Å². The number of fused-ring (bicyclic) bond motifs is 1. The Bertz CT molecular complexity index is 885. The first kappa shape index (κ1) is 14.2. The molecule has 110 valence electrons. The van der Waals surface area contributed by atoms with Gasteiger partial charge in [-0.2, -0.15) is 14.9 Å². The lowest BCUT2D eigenvalue weighted by atomic mass is 10.1. The molecule has 1 aromatic carbocycles. The minimum Gasteiger partial charge on any atom is -0.326 e. The summed E-state index contributed by atoms with van der Waals surface area (Å²) in [7, 11) is 0. The van der Waals surface area contributed by atoms with Crippen molar-refractivity contribution in [2.75, 3.05) is 5.32 Å². The lowest BCUT2D eigenvalue weighted by molar-refractivity contribution is -0.114. The van der Waals surface area contributed by atoms with E-state index in [0.29, 0.717) is 22.0 Å². The molecule has 0 bridgehead atoms. The standard InChI is InChI=1S/C15H13N5OS/c1-3-13-19-20-12(8-16)14(18-15(20)22-13)10-4-6-11(7-5-10)17-9(2)21/h4-7H,3H2,1-2H3,(H,17,21). The third-order valence-corrected chi connectivity index (χ3v) is 4.19. The molecule has 0 spiro atoms. The summed E-state index contributed by atoms with van der Waals surface area (Å²) in [5.41, 5.74) is 2.57. The Morgan fingerprint density at radius 3 is 2.73 bits per heavy atom. The highest BCUT2D eigenvalue weighted by molar-refractivity contribution is 7.16. The summed E-state index contributed by atoms with van der Waals surface area (Å²) in [6, 6.07) is 9.42. The molecule has 0 aliphatic heterocycles. The fourth-order valence-corrected chi connectivity index (χ4v) is 2.98. The molecule has 0 radical (unpaired) electrons. The zero-order valence-electron chi connectivity index (χ0n) is 12.1. The number of carbonyl (C=O) groups is 1. The van der Waals surface area contributed by atoms with Gasteiger partial charge in [0.15, 0.2) is 5.69 Å². The SMILES string of the molecule is CCc1nn2c(C#N)c(-c3ccc(NC(C)=O)cc3)nc2s1. The Balaban J connectivity index is 2.04. The van der Waals surface area contributed by atoms with Crippen LogP contribution in [0.5, 0.6) is 0 Å². The molecule has 6 nitrogen and oxygen atoms in total. The van der Waals surface area contributed by atoms with Crippen LogP contribution >= 0.6 is 11.3 Å². The number of nitriles is 1. The van der Waals surface area contributed by atoms with E-state index in [2.05, 4.69) is 21.5 Å². The highest BCUT2D eigenvalue weighted by atomic mass is 32.1. The van der Waals surface area contributed by atoms with Crippen LogP contribution < -0.4 is 5.32 Å². The number of hydrogen-bond acceptors (Lipinski definition) is 5. The van der Waals surface area contributed by atoms with Gasteiger partial charge in [0.1, 0.15) is 16.8 Å². The molecule has 7 heteroatoms. The first-order chi connectivity index (χ1) is 10.6. The van der Waals surface area contributed by atoms with Crippen LogP contribution in [0.15, 0.2) is 24.3 Å². The van der Waals surface area contributed by atoms with E-state index in [-0.39, 0.29) is 5.91 Å². The second-order valence-electron chi connectivity index (χ2n) is 4.72. The van der Waals surface area contributed by atoms with Gasteiger partial charge in [-0.3, -0.25) is 4.79 Å². The fraction of sp³-hybridized carbons (Fsp3) is 0.200. The predicted octanol–water partition coefficient (Wildman–Crippen LogP) is 2.85. The van der Waals surface area contributed by atoms with E-state index in [1.165, 1.54) is 18.3 Å². The third-order valence-electron chi connectivity index (χ3n) is 3.13. The highest BCUT2D eigenvalue weighted by Crippen LogP contribution is 2.27. The quantitative estimate of drug-likeness (QED) is 0.806. The number of rotatable bonds is 3. The number of benzene rings is 1. The van der Waals surface area contributed by atoms with Crippen LogP contribution in [0.4, 0.5) is 5.69 Å². The number of aryl methyl sites for hydroxylation is 1. The molecule has 0 aliphatic carbocycles. The molecule has 2 aromatic heterocycles. The van der Waals surface area contributed by atoms with Crippen molar-refractivity contribution < 1.29 is 4.79 Å². The Morgan fingerprint density at radius 1 is 1.41 bits per heavy atom. The van der Waals surface area contributed by atoms with Gasteiger partial charge < -0.3 is 5.32 Å². The summed E-state index contributed by atoms with van der Waals surface area (Å²) in [5.74, 6) is -0.121. The first-order valence-electron chi connectivity index (χ1n) is 6.79. The summed E-state index contributed by atoms with van der Waals surface area (Å²) in [5, 5.41) is 17.5. The molecular weight excluding hydrogens is 298 g/mol. The number of imidazole rings is 1. The number of anilines is 1. The Hall–Kier alpha value is -2.72. The maximum absolute atomic E-state index is 11.0. The van der Waals surface area contributed by atoms with E-state index in [1.54, 1.807) is 16.6 Å². The van der Waals surface area contributed by atoms with Crippen LogP contribution in [0, 0.1) is 11.3 Å². The minimum absolute atomic E-state index is 0.121. The van der Waals surface area contributed by atoms with Crippen LogP contribution in [-0.2, 0) is 11.2 Å². The Labute approximate surface area is 131 Å². The van der Waals surface area contributed by atoms with Gasteiger partial charge in [-0.25, -0.2) is 4.98 Å². The average molecular weight is 311 g/mol. The van der Waals surface area contributed by atoms with Gasteiger partial charge in [-0.1, -0.05) is 30.4 Å². The number of nitrogens with one attached hydrogen (secondary N) is 1. The van der Waals surface area contributed by atoms with Gasteiger partial charge in [0.25, 0.3) is 0 Å². The van der Waals surface area contributed by atoms with Crippen molar-refractivity contribution in [1.82, 2.24) is 14.6 Å². The van der Waals surface area contributed by atoms with Crippen molar-refractivity contribution in [3.8, 4) is 17.3 Å². The number of nitrogens with zero attached hydrogens (tertiary/aromatic N) is 4. The molecular formula is C15H13N5OS. The molecule has 0 unspecified atom stereocenters. The Kier molecular flexibility index (Phi) is 3.61. The van der Waals surface area contributed by atoms with Crippen molar-refractivity contribution in [2.24, 2.45) is 0 Å². The molecule has 22 heavy (non-hydrogen) atoms. The molecule has 0 aliphatic rings. The summed E-state index contributed by atoms with van der Waals surface area (Å²) >= 11 is 1.49. The first-order valence-corrected chi connectivity index (χ1v) is 7.60. The van der Waals surface area contributed by atoms with E-state index in [1.807, 2.05) is 19.1 Å². The van der Waals surface area contributed by atoms with Crippen LogP contribution in [0.25, 0.3) is 16.2 Å². The molecule has 0 atom stereocenters. The van der Waals surface area contributed by atoms with Gasteiger partial charge >= 0.3 is 0 Å². The van der Waals surface area contributed by atoms with Gasteiger partial charge in [-0.15, -0.1) is 0 Å². The number of aromatic nitrogens is 3. The van der Waals surface area contributed by atoms with Gasteiger partial charge in [0.05, 0.1) is 0 Å². The third kappa shape index (κ3) is 2.44. The summed E-state index contributed by atoms with van der Waals surface area (Å²) < 4.78 is 1.60. The van der Waals surface area contributed by atoms with E-state index >= 15 is 0 Å². The second-order valence-corrected chi connectivity index (χ2v) is 5.76. The molecule has 0 saturated heterocycles. The summed E-state index contributed by atoms with van der Waals surface area (Å²) in [6.45, 7) is 3.48. The largest absolute Gasteiger partial charge is 0.326 e. The van der Waals surface area contributed by atoms with Crippen LogP contribution in [0.3, 0.4) is 0 Å². The predicted molar refractivity (Wildman–Crippen MR) is 84.7 cm³/mol. The zero-order chi connectivity index (χ0) is 15.7. The lowest BCUT2D eigenvalue weighted by Crippen LogP contribution is -2.05. The van der Waals surface area contributed by atoms with E-state index in [9.17, 15) is 10.1 Å². The highest BCUT2D eigenvalue weighted by Gasteiger charge is 2.17. The van der Waals surface area contributed by atoms with Gasteiger partial charge in [0.2, 0.25) is 10.9 Å². The van der Waals surface area contributed by atoms with E-state index < -0.39 is 0 Å². The smallest absolute Gasteiger partial charge is 0.221 e. The normalized spacial score (nSPS) is 10.6. The molecule has 0 saturated carbocycles. The zero-order valence-corrected chi connectivity index (χ0v) is 12.9. The molecule has 1 N–H and O–H groups in total. The fourth-order valence-electron chi connectivity index (χ4n) is 2.15. The minimum atomic E-state index is -0.121. The van der Waals surface area contributed by atoms with Crippen molar-refractivity contribution in [1.29, 1.82) is 5.26 Å². The second kappa shape index (κ2) is 5.58. The number of hydrogen-bond donors (Lipinski definition) is 1. The Morgan fingerprint density at radius 2 is 2.14 bits per heavy atom. The molecule has 2 heterocycles.